The Morgan fingerprint density at radius 3 is 1.73 bits per heavy atom. The highest BCUT2D eigenvalue weighted by Crippen LogP contribution is 2.56. The van der Waals surface area contributed by atoms with E-state index in [1.807, 2.05) is 11.3 Å². The summed E-state index contributed by atoms with van der Waals surface area (Å²) >= 11 is 1.96. The van der Waals surface area contributed by atoms with Crippen LogP contribution in [-0.4, -0.2) is 11.4 Å². The number of nitrogens with zero attached hydrogens (tertiary/aromatic N) is 3. The summed E-state index contributed by atoms with van der Waals surface area (Å²) < 4.78 is 20.2. The van der Waals surface area contributed by atoms with Crippen molar-refractivity contribution in [3.8, 4) is 27.9 Å². The van der Waals surface area contributed by atoms with E-state index in [4.69, 9.17) is 8.83 Å². The maximum Gasteiger partial charge on any atom is 0.343 e. The molecule has 2 aliphatic heterocycles. The van der Waals surface area contributed by atoms with E-state index < -0.39 is 0 Å². The third-order valence-electron chi connectivity index (χ3n) is 20.7. The zero-order valence-electron chi connectivity index (χ0n) is 53.5. The van der Waals surface area contributed by atoms with Gasteiger partial charge in [0.05, 0.1) is 22.1 Å². The van der Waals surface area contributed by atoms with E-state index in [1.165, 1.54) is 103 Å². The van der Waals surface area contributed by atoms with Crippen LogP contribution >= 0.6 is 11.3 Å². The van der Waals surface area contributed by atoms with E-state index >= 15 is 0 Å². The molecule has 14 aromatic rings. The Bertz CT molecular complexity index is 5250. The summed E-state index contributed by atoms with van der Waals surface area (Å²) in [5.41, 5.74) is 25.7. The summed E-state index contributed by atoms with van der Waals surface area (Å²) in [6, 6.07) is 71.5. The SMILES string of the molecule is CC(C)(C)c1ccc(N2B3c4sc5ccc(-c6ccccc6)cc5c4-n4c5cc6c(cc5c5c7oc8ccccc8c7c(c3c54)-c3cc4c(cc32)oc2cc(N(c3ccc(C(C)(C)C)cc3)c3ccc(C(C)(C)C)cc3)ccc24)C(C)(C)CCC6(C)C)cc1. The molecule has 89 heavy (non-hydrogen) atoms. The van der Waals surface area contributed by atoms with Crippen molar-refractivity contribution in [3.63, 3.8) is 0 Å². The van der Waals surface area contributed by atoms with Gasteiger partial charge in [-0.15, -0.1) is 11.3 Å². The molecule has 7 heteroatoms. The zero-order chi connectivity index (χ0) is 61.2. The van der Waals surface area contributed by atoms with Crippen LogP contribution in [0.4, 0.5) is 28.4 Å². The Hall–Kier alpha value is -8.78. The van der Waals surface area contributed by atoms with Crippen molar-refractivity contribution in [3.05, 3.63) is 216 Å². The minimum Gasteiger partial charge on any atom is -0.456 e. The van der Waals surface area contributed by atoms with Gasteiger partial charge < -0.3 is 23.1 Å². The molecule has 0 radical (unpaired) electrons. The Morgan fingerprint density at radius 2 is 1.08 bits per heavy atom. The predicted octanol–water partition coefficient (Wildman–Crippen LogP) is 22.4. The van der Waals surface area contributed by atoms with E-state index in [2.05, 4.69) is 292 Å². The quantitative estimate of drug-likeness (QED) is 0.161. The fraction of sp³-hybridized carbons (Fsp3) is 0.244. The molecule has 438 valence electrons. The van der Waals surface area contributed by atoms with Gasteiger partial charge in [-0.2, -0.15) is 0 Å². The van der Waals surface area contributed by atoms with Gasteiger partial charge in [0.15, 0.2) is 0 Å². The van der Waals surface area contributed by atoms with Crippen LogP contribution < -0.4 is 20.0 Å². The second-order valence-corrected chi connectivity index (χ2v) is 31.5. The lowest BCUT2D eigenvalue weighted by Gasteiger charge is -2.42. The summed E-state index contributed by atoms with van der Waals surface area (Å²) in [5, 5.41) is 8.18. The van der Waals surface area contributed by atoms with Gasteiger partial charge in [0, 0.05) is 87.9 Å². The summed E-state index contributed by atoms with van der Waals surface area (Å²) in [6.45, 7) is 30.2. The number of anilines is 5. The molecule has 6 heterocycles. The van der Waals surface area contributed by atoms with Crippen LogP contribution in [0.5, 0.6) is 0 Å². The number of thiophene rings is 1. The molecule has 0 N–H and O–H groups in total. The number of para-hydroxylation sites is 1. The topological polar surface area (TPSA) is 37.7 Å². The Morgan fingerprint density at radius 1 is 0.483 bits per heavy atom. The van der Waals surface area contributed by atoms with Gasteiger partial charge in [-0.05, 0) is 175 Å². The van der Waals surface area contributed by atoms with Crippen molar-refractivity contribution in [2.45, 2.75) is 130 Å². The highest BCUT2D eigenvalue weighted by atomic mass is 32.1. The molecular weight excluding hydrogens is 1100 g/mol. The number of hydrogen-bond acceptors (Lipinski definition) is 5. The van der Waals surface area contributed by atoms with Crippen LogP contribution in [0.3, 0.4) is 0 Å². The molecule has 17 rings (SSSR count). The standard InChI is InChI=1S/C82H74BN3O2S/c1-78(2,3)49-24-30-52(31-25-49)84(53-32-26-50(27-33-53)79(4,5)6)55-36-37-56-58-43-59-65(46-68(58)87-67(56)42-55)86(54-34-28-51(29-35-54)80(7,8)9)83-73-70(59)71-57-21-17-18-22-66(57)88-76(71)72-60-44-62-63(82(12,13)40-39-81(62,10)11)45-64(60)85(75(72)73)74-61-41-48(47-19-15-14-16-20-47)23-38-69(61)89-77(74)83/h14-38,41-46H,39-40H2,1-13H3. The number of rotatable bonds is 5. The highest BCUT2D eigenvalue weighted by molar-refractivity contribution is 7.32. The summed E-state index contributed by atoms with van der Waals surface area (Å²) in [7, 11) is 0. The zero-order valence-corrected chi connectivity index (χ0v) is 54.3. The first-order chi connectivity index (χ1) is 42.5. The molecule has 0 unspecified atom stereocenters. The van der Waals surface area contributed by atoms with Crippen molar-refractivity contribution >= 4 is 133 Å². The molecule has 0 spiro atoms. The van der Waals surface area contributed by atoms with E-state index in [0.717, 1.165) is 79.8 Å². The van der Waals surface area contributed by atoms with Gasteiger partial charge in [-0.1, -0.05) is 181 Å². The normalized spacial score (nSPS) is 15.3. The molecule has 0 bridgehead atoms. The number of benzene rings is 10. The fourth-order valence-corrected chi connectivity index (χ4v) is 16.9. The molecule has 4 aromatic heterocycles. The third-order valence-corrected chi connectivity index (χ3v) is 21.9. The van der Waals surface area contributed by atoms with Gasteiger partial charge in [0.1, 0.15) is 22.3 Å². The summed E-state index contributed by atoms with van der Waals surface area (Å²) in [6.07, 6.45) is 2.26. The van der Waals surface area contributed by atoms with Crippen LogP contribution in [0.25, 0.3) is 104 Å². The fourth-order valence-electron chi connectivity index (χ4n) is 15.6. The van der Waals surface area contributed by atoms with E-state index in [9.17, 15) is 0 Å². The highest BCUT2D eigenvalue weighted by Gasteiger charge is 2.49. The summed E-state index contributed by atoms with van der Waals surface area (Å²) in [4.78, 5) is 5.06. The van der Waals surface area contributed by atoms with Crippen LogP contribution in [0.1, 0.15) is 131 Å². The Balaban J connectivity index is 0.992. The number of hydrogen-bond donors (Lipinski definition) is 0. The van der Waals surface area contributed by atoms with Crippen LogP contribution in [0, 0.1) is 0 Å². The lowest BCUT2D eigenvalue weighted by atomic mass is 9.47. The summed E-state index contributed by atoms with van der Waals surface area (Å²) in [5.74, 6) is 0. The lowest BCUT2D eigenvalue weighted by Crippen LogP contribution is -2.59. The predicted molar refractivity (Wildman–Crippen MR) is 381 cm³/mol. The molecule has 5 nitrogen and oxygen atoms in total. The smallest absolute Gasteiger partial charge is 0.343 e. The maximum absolute atomic E-state index is 7.50. The first-order valence-corrected chi connectivity index (χ1v) is 32.9. The molecule has 0 amide bonds. The average molecular weight is 1180 g/mol. The van der Waals surface area contributed by atoms with E-state index in [0.29, 0.717) is 0 Å². The number of furan rings is 2. The van der Waals surface area contributed by atoms with Crippen LogP contribution in [0.2, 0.25) is 0 Å². The third kappa shape index (κ3) is 7.99. The minimum atomic E-state index is -0.221. The van der Waals surface area contributed by atoms with Gasteiger partial charge in [-0.25, -0.2) is 0 Å². The molecule has 3 aliphatic rings. The van der Waals surface area contributed by atoms with Gasteiger partial charge in [-0.3, -0.25) is 0 Å². The first kappa shape index (κ1) is 54.4. The maximum atomic E-state index is 7.50. The number of fused-ring (bicyclic) bond motifs is 19. The van der Waals surface area contributed by atoms with Gasteiger partial charge >= 0.3 is 6.85 Å². The van der Waals surface area contributed by atoms with Crippen molar-refractivity contribution in [2.24, 2.45) is 0 Å². The molecule has 0 atom stereocenters. The second kappa shape index (κ2) is 18.4. The van der Waals surface area contributed by atoms with Crippen LogP contribution in [-0.2, 0) is 27.1 Å². The molecule has 0 fully saturated rings. The molecule has 0 saturated carbocycles. The average Bonchev–Trinajstić information content (AvgIpc) is 1.54. The Labute approximate surface area is 526 Å². The van der Waals surface area contributed by atoms with Gasteiger partial charge in [0.25, 0.3) is 0 Å². The molecule has 10 aromatic carbocycles. The molecular formula is C82H74BN3O2S. The minimum absolute atomic E-state index is 0.00957. The van der Waals surface area contributed by atoms with E-state index in [1.54, 1.807) is 0 Å². The molecule has 1 aliphatic carbocycles. The van der Waals surface area contributed by atoms with Crippen LogP contribution in [0.15, 0.2) is 197 Å². The monoisotopic (exact) mass is 1180 g/mol. The van der Waals surface area contributed by atoms with E-state index in [-0.39, 0.29) is 33.9 Å². The van der Waals surface area contributed by atoms with Crippen molar-refractivity contribution < 1.29 is 8.83 Å². The first-order valence-electron chi connectivity index (χ1n) is 32.0. The molecule has 0 saturated heterocycles. The second-order valence-electron chi connectivity index (χ2n) is 30.4. The van der Waals surface area contributed by atoms with Crippen molar-refractivity contribution in [1.29, 1.82) is 0 Å². The Kier molecular flexibility index (Phi) is 11.3. The van der Waals surface area contributed by atoms with Crippen molar-refractivity contribution in [1.82, 2.24) is 4.57 Å². The van der Waals surface area contributed by atoms with Crippen molar-refractivity contribution in [2.75, 3.05) is 9.71 Å². The lowest BCUT2D eigenvalue weighted by molar-refractivity contribution is 0.332. The van der Waals surface area contributed by atoms with Gasteiger partial charge in [0.2, 0.25) is 0 Å². The number of aromatic nitrogens is 1. The largest absolute Gasteiger partial charge is 0.456 e.